The van der Waals surface area contributed by atoms with Crippen molar-refractivity contribution in [3.63, 3.8) is 0 Å². The zero-order valence-electron chi connectivity index (χ0n) is 10.7. The summed E-state index contributed by atoms with van der Waals surface area (Å²) >= 11 is 0. The van der Waals surface area contributed by atoms with E-state index < -0.39 is 0 Å². The monoisotopic (exact) mass is 263 g/mol. The summed E-state index contributed by atoms with van der Waals surface area (Å²) in [4.78, 5) is 8.18. The van der Waals surface area contributed by atoms with Gasteiger partial charge in [-0.15, -0.1) is 0 Å². The van der Waals surface area contributed by atoms with E-state index in [1.807, 2.05) is 24.3 Å². The van der Waals surface area contributed by atoms with E-state index in [1.54, 1.807) is 24.7 Å². The van der Waals surface area contributed by atoms with Crippen molar-refractivity contribution in [1.29, 1.82) is 0 Å². The first-order chi connectivity index (χ1) is 9.74. The highest BCUT2D eigenvalue weighted by Crippen LogP contribution is 2.24. The molecule has 0 aliphatic carbocycles. The van der Waals surface area contributed by atoms with Gasteiger partial charge in [0.15, 0.2) is 0 Å². The lowest BCUT2D eigenvalue weighted by Crippen LogP contribution is -2.06. The van der Waals surface area contributed by atoms with E-state index >= 15 is 0 Å². The first-order valence-corrected chi connectivity index (χ1v) is 6.11. The number of anilines is 2. The summed E-state index contributed by atoms with van der Waals surface area (Å²) in [6.45, 7) is 4.04. The predicted octanol–water partition coefficient (Wildman–Crippen LogP) is 2.46. The van der Waals surface area contributed by atoms with E-state index in [4.69, 9.17) is 5.73 Å². The van der Waals surface area contributed by atoms with E-state index in [9.17, 15) is 0 Å². The normalized spacial score (nSPS) is 18.0. The van der Waals surface area contributed by atoms with Crippen LogP contribution in [0.4, 0.5) is 11.5 Å². The number of allylic oxidation sites excluding steroid dienone is 3. The van der Waals surface area contributed by atoms with Gasteiger partial charge < -0.3 is 5.73 Å². The molecule has 1 aliphatic rings. The molecular weight excluding hydrogens is 250 g/mol. The van der Waals surface area contributed by atoms with Gasteiger partial charge in [-0.2, -0.15) is 5.10 Å². The second-order valence-corrected chi connectivity index (χ2v) is 4.36. The minimum atomic E-state index is 0.484. The van der Waals surface area contributed by atoms with Crippen LogP contribution in [-0.4, -0.2) is 15.7 Å². The lowest BCUT2D eigenvalue weighted by Gasteiger charge is -2.12. The van der Waals surface area contributed by atoms with Gasteiger partial charge in [-0.05, 0) is 29.8 Å². The van der Waals surface area contributed by atoms with Crippen molar-refractivity contribution in [2.24, 2.45) is 5.10 Å². The molecule has 0 amide bonds. The molecule has 0 aromatic carbocycles. The predicted molar refractivity (Wildman–Crippen MR) is 81.2 cm³/mol. The molecule has 0 saturated heterocycles. The molecule has 0 spiro atoms. The van der Waals surface area contributed by atoms with Gasteiger partial charge in [-0.3, -0.25) is 10.4 Å². The molecule has 3 N–H and O–H groups in total. The van der Waals surface area contributed by atoms with Crippen LogP contribution in [0.3, 0.4) is 0 Å². The molecule has 5 nitrogen and oxygen atoms in total. The van der Waals surface area contributed by atoms with Gasteiger partial charge in [0.1, 0.15) is 5.82 Å². The Balaban J connectivity index is 2.02. The third-order valence-corrected chi connectivity index (χ3v) is 2.99. The quantitative estimate of drug-likeness (QED) is 0.828. The summed E-state index contributed by atoms with van der Waals surface area (Å²) in [5.41, 5.74) is 12.9. The Morgan fingerprint density at radius 3 is 2.80 bits per heavy atom. The van der Waals surface area contributed by atoms with Gasteiger partial charge in [0.25, 0.3) is 0 Å². The minimum Gasteiger partial charge on any atom is -0.384 e. The van der Waals surface area contributed by atoms with Gasteiger partial charge in [-0.1, -0.05) is 12.7 Å². The number of rotatable bonds is 1. The van der Waals surface area contributed by atoms with Crippen molar-refractivity contribution >= 4 is 22.8 Å². The van der Waals surface area contributed by atoms with Crippen LogP contribution in [-0.2, 0) is 0 Å². The van der Waals surface area contributed by atoms with Crippen molar-refractivity contribution in [1.82, 2.24) is 9.97 Å². The number of nitrogen functional groups attached to an aromatic ring is 1. The van der Waals surface area contributed by atoms with E-state index in [1.165, 1.54) is 0 Å². The highest BCUT2D eigenvalue weighted by atomic mass is 15.3. The van der Waals surface area contributed by atoms with Gasteiger partial charge in [-0.25, -0.2) is 4.98 Å². The van der Waals surface area contributed by atoms with E-state index in [0.717, 1.165) is 28.1 Å². The fraction of sp³-hybridized carbons (Fsp3) is 0. The summed E-state index contributed by atoms with van der Waals surface area (Å²) in [6, 6.07) is 5.49. The molecule has 5 heteroatoms. The van der Waals surface area contributed by atoms with Crippen LogP contribution in [0.2, 0.25) is 0 Å². The number of hydrogen-bond acceptors (Lipinski definition) is 5. The lowest BCUT2D eigenvalue weighted by atomic mass is 10.0. The standard InChI is InChI=1S/C15H13N5/c1-10-2-4-13(11-3-5-15(16)18-8-11)19-20-14-6-7-17-9-12(10)14/h2-9,20H,1H2,(H2,16,18)/b4-2-,19-13+. The molecule has 0 saturated carbocycles. The highest BCUT2D eigenvalue weighted by molar-refractivity contribution is 6.10. The fourth-order valence-electron chi connectivity index (χ4n) is 1.89. The van der Waals surface area contributed by atoms with E-state index in [-0.39, 0.29) is 0 Å². The van der Waals surface area contributed by atoms with Crippen LogP contribution in [0.15, 0.2) is 60.6 Å². The lowest BCUT2D eigenvalue weighted by molar-refractivity contribution is 1.25. The summed E-state index contributed by atoms with van der Waals surface area (Å²) < 4.78 is 0. The number of nitrogens with one attached hydrogen (secondary N) is 1. The number of nitrogens with zero attached hydrogens (tertiary/aromatic N) is 3. The van der Waals surface area contributed by atoms with Crippen LogP contribution in [0, 0.1) is 0 Å². The van der Waals surface area contributed by atoms with Crippen LogP contribution in [0.1, 0.15) is 11.1 Å². The Kier molecular flexibility index (Phi) is 3.01. The molecule has 1 aliphatic heterocycles. The Morgan fingerprint density at radius 1 is 1.10 bits per heavy atom. The Hall–Kier alpha value is -2.95. The summed E-state index contributed by atoms with van der Waals surface area (Å²) in [5, 5.41) is 4.39. The van der Waals surface area contributed by atoms with Gasteiger partial charge >= 0.3 is 0 Å². The topological polar surface area (TPSA) is 76.2 Å². The van der Waals surface area contributed by atoms with Crippen molar-refractivity contribution in [2.45, 2.75) is 0 Å². The molecule has 3 heterocycles. The number of fused-ring (bicyclic) bond motifs is 1. The number of hydrogen-bond donors (Lipinski definition) is 2. The maximum absolute atomic E-state index is 5.59. The Bertz CT molecular complexity index is 713. The second-order valence-electron chi connectivity index (χ2n) is 4.36. The summed E-state index contributed by atoms with van der Waals surface area (Å²) in [7, 11) is 0. The van der Waals surface area contributed by atoms with E-state index in [0.29, 0.717) is 5.82 Å². The molecule has 0 radical (unpaired) electrons. The van der Waals surface area contributed by atoms with Gasteiger partial charge in [0, 0.05) is 29.7 Å². The molecule has 2 aromatic heterocycles. The molecule has 2 aromatic rings. The summed E-state index contributed by atoms with van der Waals surface area (Å²) in [5.74, 6) is 0.484. The third kappa shape index (κ3) is 2.29. The SMILES string of the molecule is C=C1/C=C\C(c2ccc(N)nc2)=N/Nc2ccncc21. The smallest absolute Gasteiger partial charge is 0.123 e. The molecule has 98 valence electrons. The number of pyridine rings is 2. The van der Waals surface area contributed by atoms with Crippen molar-refractivity contribution in [2.75, 3.05) is 11.2 Å². The number of hydrazone groups is 1. The maximum atomic E-state index is 5.59. The summed E-state index contributed by atoms with van der Waals surface area (Å²) in [6.07, 6.45) is 8.97. The van der Waals surface area contributed by atoms with Crippen LogP contribution < -0.4 is 11.2 Å². The molecule has 0 atom stereocenters. The zero-order chi connectivity index (χ0) is 13.9. The molecule has 0 unspecified atom stereocenters. The molecule has 3 rings (SSSR count). The van der Waals surface area contributed by atoms with Crippen molar-refractivity contribution in [3.05, 3.63) is 66.6 Å². The molecular formula is C15H13N5. The van der Waals surface area contributed by atoms with Gasteiger partial charge in [0.2, 0.25) is 0 Å². The van der Waals surface area contributed by atoms with Gasteiger partial charge in [0.05, 0.1) is 11.4 Å². The largest absolute Gasteiger partial charge is 0.384 e. The first kappa shape index (κ1) is 12.1. The Labute approximate surface area is 116 Å². The number of aromatic nitrogens is 2. The van der Waals surface area contributed by atoms with Crippen molar-refractivity contribution < 1.29 is 0 Å². The molecule has 20 heavy (non-hydrogen) atoms. The van der Waals surface area contributed by atoms with Crippen LogP contribution in [0.5, 0.6) is 0 Å². The Morgan fingerprint density at radius 2 is 2.00 bits per heavy atom. The second kappa shape index (κ2) is 4.97. The average Bonchev–Trinajstić information content (AvgIpc) is 2.47. The van der Waals surface area contributed by atoms with Crippen LogP contribution in [0.25, 0.3) is 5.57 Å². The third-order valence-electron chi connectivity index (χ3n) is 2.99. The number of nitrogens with two attached hydrogens (primary N) is 1. The van der Waals surface area contributed by atoms with Crippen LogP contribution >= 0.6 is 0 Å². The highest BCUT2D eigenvalue weighted by Gasteiger charge is 2.08. The minimum absolute atomic E-state index is 0.484. The molecule has 0 bridgehead atoms. The first-order valence-electron chi connectivity index (χ1n) is 6.11. The maximum Gasteiger partial charge on any atom is 0.123 e. The van der Waals surface area contributed by atoms with Crippen molar-refractivity contribution in [3.8, 4) is 0 Å². The zero-order valence-corrected chi connectivity index (χ0v) is 10.7. The molecule has 0 fully saturated rings. The average molecular weight is 263 g/mol. The van der Waals surface area contributed by atoms with E-state index in [2.05, 4.69) is 27.1 Å². The fourth-order valence-corrected chi connectivity index (χ4v) is 1.89.